The van der Waals surface area contributed by atoms with Crippen LogP contribution in [0.15, 0.2) is 54.2 Å². The van der Waals surface area contributed by atoms with Gasteiger partial charge in [-0.3, -0.25) is 4.79 Å². The summed E-state index contributed by atoms with van der Waals surface area (Å²) in [6, 6.07) is 12.3. The monoisotopic (exact) mass is 389 g/mol. The molecule has 5 rings (SSSR count). The average Bonchev–Trinajstić information content (AvgIpc) is 3.41. The van der Waals surface area contributed by atoms with E-state index >= 15 is 0 Å². The van der Waals surface area contributed by atoms with Crippen LogP contribution >= 0.6 is 11.3 Å². The van der Waals surface area contributed by atoms with Crippen LogP contribution in [0.4, 0.5) is 0 Å². The van der Waals surface area contributed by atoms with Crippen LogP contribution in [0, 0.1) is 0 Å². The maximum absolute atomic E-state index is 12.7. The Labute approximate surface area is 166 Å². The summed E-state index contributed by atoms with van der Waals surface area (Å²) in [5, 5.41) is 6.76. The minimum absolute atomic E-state index is 0.0145. The van der Waals surface area contributed by atoms with Gasteiger partial charge in [-0.25, -0.2) is 9.97 Å². The number of pyridine rings is 1. The summed E-state index contributed by atoms with van der Waals surface area (Å²) in [6.45, 7) is 3.12. The number of hydrogen-bond acceptors (Lipinski definition) is 5. The van der Waals surface area contributed by atoms with Crippen molar-refractivity contribution in [3.05, 3.63) is 59.2 Å². The summed E-state index contributed by atoms with van der Waals surface area (Å²) in [6.07, 6.45) is 3.79. The molecule has 0 aliphatic carbocycles. The smallest absolute Gasteiger partial charge is 0.282 e. The number of carbonyl (C=O) groups excluding carboxylic acids is 1. The van der Waals surface area contributed by atoms with Crippen molar-refractivity contribution in [2.75, 3.05) is 26.2 Å². The number of hydrogen-bond donors (Lipinski definition) is 2. The lowest BCUT2D eigenvalue weighted by Gasteiger charge is -2.26. The SMILES string of the molecule is O=C(c1nc(-c2c[nH]c3ncc(-c4ccccc4)cc23)cs1)N1CCNCC1. The van der Waals surface area contributed by atoms with Crippen LogP contribution in [0.2, 0.25) is 0 Å². The van der Waals surface area contributed by atoms with Crippen LogP contribution in [-0.4, -0.2) is 51.9 Å². The second kappa shape index (κ2) is 7.18. The molecule has 0 unspecified atom stereocenters. The maximum Gasteiger partial charge on any atom is 0.282 e. The Morgan fingerprint density at radius 3 is 2.75 bits per heavy atom. The summed E-state index contributed by atoms with van der Waals surface area (Å²) in [7, 11) is 0. The van der Waals surface area contributed by atoms with Crippen molar-refractivity contribution in [2.45, 2.75) is 0 Å². The van der Waals surface area contributed by atoms with Crippen molar-refractivity contribution in [3.8, 4) is 22.4 Å². The van der Waals surface area contributed by atoms with Gasteiger partial charge in [-0.2, -0.15) is 0 Å². The zero-order chi connectivity index (χ0) is 18.9. The van der Waals surface area contributed by atoms with Gasteiger partial charge in [-0.05, 0) is 11.6 Å². The number of nitrogens with one attached hydrogen (secondary N) is 2. The molecule has 1 aliphatic heterocycles. The Morgan fingerprint density at radius 2 is 1.93 bits per heavy atom. The van der Waals surface area contributed by atoms with Crippen LogP contribution in [0.1, 0.15) is 9.80 Å². The van der Waals surface area contributed by atoms with E-state index in [2.05, 4.69) is 38.5 Å². The Kier molecular flexibility index (Phi) is 4.38. The predicted molar refractivity (Wildman–Crippen MR) is 111 cm³/mol. The van der Waals surface area contributed by atoms with E-state index in [4.69, 9.17) is 0 Å². The molecule has 1 aliphatic rings. The van der Waals surface area contributed by atoms with Crippen molar-refractivity contribution in [1.29, 1.82) is 0 Å². The molecule has 2 N–H and O–H groups in total. The molecule has 28 heavy (non-hydrogen) atoms. The summed E-state index contributed by atoms with van der Waals surface area (Å²) in [5.41, 5.74) is 4.77. The van der Waals surface area contributed by atoms with Crippen LogP contribution in [0.5, 0.6) is 0 Å². The summed E-state index contributed by atoms with van der Waals surface area (Å²) in [4.78, 5) is 27.0. The highest BCUT2D eigenvalue weighted by Crippen LogP contribution is 2.31. The molecular formula is C21H19N5OS. The first kappa shape index (κ1) is 17.1. The van der Waals surface area contributed by atoms with Gasteiger partial charge >= 0.3 is 0 Å². The third-order valence-electron chi connectivity index (χ3n) is 5.01. The van der Waals surface area contributed by atoms with E-state index in [1.807, 2.05) is 40.9 Å². The molecule has 1 amide bonds. The quantitative estimate of drug-likeness (QED) is 0.563. The zero-order valence-electron chi connectivity index (χ0n) is 15.2. The van der Waals surface area contributed by atoms with E-state index in [0.717, 1.165) is 59.6 Å². The number of nitrogens with zero attached hydrogens (tertiary/aromatic N) is 3. The van der Waals surface area contributed by atoms with E-state index < -0.39 is 0 Å². The van der Waals surface area contributed by atoms with Crippen molar-refractivity contribution in [3.63, 3.8) is 0 Å². The van der Waals surface area contributed by atoms with Crippen LogP contribution < -0.4 is 5.32 Å². The first-order valence-corrected chi connectivity index (χ1v) is 10.2. The highest BCUT2D eigenvalue weighted by atomic mass is 32.1. The molecule has 140 valence electrons. The molecule has 4 aromatic rings. The molecule has 1 saturated heterocycles. The lowest BCUT2D eigenvalue weighted by atomic mass is 10.1. The normalized spacial score (nSPS) is 14.5. The lowest BCUT2D eigenvalue weighted by Crippen LogP contribution is -2.46. The first-order chi connectivity index (χ1) is 13.8. The van der Waals surface area contributed by atoms with Crippen molar-refractivity contribution in [2.24, 2.45) is 0 Å². The molecule has 0 saturated carbocycles. The third kappa shape index (κ3) is 3.08. The molecule has 3 aromatic heterocycles. The predicted octanol–water partition coefficient (Wildman–Crippen LogP) is 3.40. The summed E-state index contributed by atoms with van der Waals surface area (Å²) in [5.74, 6) is 0.0145. The number of amides is 1. The number of fused-ring (bicyclic) bond motifs is 1. The van der Waals surface area contributed by atoms with Gasteiger partial charge in [0.2, 0.25) is 0 Å². The van der Waals surface area contributed by atoms with Crippen molar-refractivity contribution >= 4 is 28.3 Å². The maximum atomic E-state index is 12.7. The van der Waals surface area contributed by atoms with E-state index in [0.29, 0.717) is 5.01 Å². The average molecular weight is 389 g/mol. The van der Waals surface area contributed by atoms with Gasteiger partial charge in [0, 0.05) is 60.5 Å². The number of piperazine rings is 1. The Morgan fingerprint density at radius 1 is 1.11 bits per heavy atom. The Bertz CT molecular complexity index is 1130. The topological polar surface area (TPSA) is 73.9 Å². The number of carbonyl (C=O) groups is 1. The molecule has 4 heterocycles. The number of aromatic nitrogens is 3. The third-order valence-corrected chi connectivity index (χ3v) is 5.84. The van der Waals surface area contributed by atoms with Gasteiger partial charge in [0.1, 0.15) is 5.65 Å². The summed E-state index contributed by atoms with van der Waals surface area (Å²) < 4.78 is 0. The highest BCUT2D eigenvalue weighted by molar-refractivity contribution is 7.12. The molecule has 1 aromatic carbocycles. The van der Waals surface area contributed by atoms with Crippen LogP contribution in [0.25, 0.3) is 33.4 Å². The number of thiazole rings is 1. The number of H-pyrrole nitrogens is 1. The van der Waals surface area contributed by atoms with Gasteiger partial charge in [0.15, 0.2) is 5.01 Å². The summed E-state index contributed by atoms with van der Waals surface area (Å²) >= 11 is 1.40. The Balaban J connectivity index is 1.49. The first-order valence-electron chi connectivity index (χ1n) is 9.28. The van der Waals surface area contributed by atoms with Gasteiger partial charge < -0.3 is 15.2 Å². The molecule has 1 fully saturated rings. The van der Waals surface area contributed by atoms with Crippen molar-refractivity contribution in [1.82, 2.24) is 25.2 Å². The molecular weight excluding hydrogens is 370 g/mol. The second-order valence-electron chi connectivity index (χ2n) is 6.77. The molecule has 6 nitrogen and oxygen atoms in total. The van der Waals surface area contributed by atoms with E-state index in [9.17, 15) is 4.79 Å². The molecule has 0 bridgehead atoms. The molecule has 0 radical (unpaired) electrons. The fourth-order valence-electron chi connectivity index (χ4n) is 3.50. The molecule has 7 heteroatoms. The molecule has 0 spiro atoms. The second-order valence-corrected chi connectivity index (χ2v) is 7.63. The fraction of sp³-hybridized carbons (Fsp3) is 0.190. The fourth-order valence-corrected chi connectivity index (χ4v) is 4.29. The van der Waals surface area contributed by atoms with Gasteiger partial charge in [0.25, 0.3) is 5.91 Å². The van der Waals surface area contributed by atoms with Crippen LogP contribution in [-0.2, 0) is 0 Å². The zero-order valence-corrected chi connectivity index (χ0v) is 16.0. The molecule has 0 atom stereocenters. The van der Waals surface area contributed by atoms with Gasteiger partial charge in [-0.15, -0.1) is 11.3 Å². The number of benzene rings is 1. The van der Waals surface area contributed by atoms with Gasteiger partial charge in [0.05, 0.1) is 5.69 Å². The van der Waals surface area contributed by atoms with Gasteiger partial charge in [-0.1, -0.05) is 30.3 Å². The Hall–Kier alpha value is -3.03. The van der Waals surface area contributed by atoms with E-state index in [-0.39, 0.29) is 5.91 Å². The largest absolute Gasteiger partial charge is 0.345 e. The van der Waals surface area contributed by atoms with E-state index in [1.54, 1.807) is 0 Å². The minimum atomic E-state index is 0.0145. The van der Waals surface area contributed by atoms with E-state index in [1.165, 1.54) is 11.3 Å². The highest BCUT2D eigenvalue weighted by Gasteiger charge is 2.22. The lowest BCUT2D eigenvalue weighted by molar-refractivity contribution is 0.0735. The van der Waals surface area contributed by atoms with Crippen LogP contribution in [0.3, 0.4) is 0 Å². The standard InChI is InChI=1S/C21H19N5OS/c27-21(26-8-6-22-7-9-26)20-25-18(13-28-20)17-12-24-19-16(17)10-15(11-23-19)14-4-2-1-3-5-14/h1-5,10-13,22H,6-9H2,(H,23,24). The minimum Gasteiger partial charge on any atom is -0.345 e. The van der Waals surface area contributed by atoms with Crippen molar-refractivity contribution < 1.29 is 4.79 Å². The number of aromatic amines is 1. The number of rotatable bonds is 3.